The minimum Gasteiger partial charge on any atom is -0.495 e. The van der Waals surface area contributed by atoms with Crippen molar-refractivity contribution in [1.82, 2.24) is 4.98 Å². The van der Waals surface area contributed by atoms with Crippen LogP contribution in [0.1, 0.15) is 6.42 Å². The van der Waals surface area contributed by atoms with Crippen LogP contribution in [0.5, 0.6) is 11.5 Å². The van der Waals surface area contributed by atoms with Crippen LogP contribution in [-0.4, -0.2) is 37.1 Å². The Hall–Kier alpha value is -3.09. The predicted octanol–water partition coefficient (Wildman–Crippen LogP) is 1.84. The molecular weight excluding hydrogens is 310 g/mol. The number of amides is 2. The molecule has 2 aromatic rings. The zero-order chi connectivity index (χ0) is 16.9. The highest BCUT2D eigenvalue weighted by Gasteiger charge is 2.25. The lowest BCUT2D eigenvalue weighted by molar-refractivity contribution is -0.121. The number of rotatable bonds is 4. The molecule has 0 atom stereocenters. The van der Waals surface area contributed by atoms with Crippen molar-refractivity contribution >= 4 is 23.2 Å². The lowest BCUT2D eigenvalue weighted by atomic mass is 10.2. The van der Waals surface area contributed by atoms with E-state index < -0.39 is 0 Å². The maximum Gasteiger partial charge on any atom is 0.244 e. The van der Waals surface area contributed by atoms with E-state index in [-0.39, 0.29) is 24.8 Å². The first-order chi connectivity index (χ1) is 11.7. The number of hydrogen-bond donors (Lipinski definition) is 1. The van der Waals surface area contributed by atoms with Crippen molar-refractivity contribution in [3.8, 4) is 11.5 Å². The summed E-state index contributed by atoms with van der Waals surface area (Å²) < 4.78 is 10.6. The van der Waals surface area contributed by atoms with Gasteiger partial charge in [0.15, 0.2) is 0 Å². The fourth-order valence-electron chi connectivity index (χ4n) is 2.44. The highest BCUT2D eigenvalue weighted by atomic mass is 16.5. The Balaban J connectivity index is 1.76. The Morgan fingerprint density at radius 2 is 2.21 bits per heavy atom. The average molecular weight is 327 g/mol. The van der Waals surface area contributed by atoms with Gasteiger partial charge in [-0.1, -0.05) is 12.1 Å². The molecule has 0 aliphatic carbocycles. The molecular formula is C17H17N3O4. The number of carbonyl (C=O) groups excluding carboxylic acids is 2. The number of hydrogen-bond acceptors (Lipinski definition) is 5. The van der Waals surface area contributed by atoms with Crippen molar-refractivity contribution < 1.29 is 19.1 Å². The highest BCUT2D eigenvalue weighted by molar-refractivity contribution is 6.03. The largest absolute Gasteiger partial charge is 0.495 e. The number of benzene rings is 1. The Bertz CT molecular complexity index is 763. The summed E-state index contributed by atoms with van der Waals surface area (Å²) in [5.74, 6) is 0.658. The quantitative estimate of drug-likeness (QED) is 0.927. The second-order valence-electron chi connectivity index (χ2n) is 5.21. The molecule has 0 spiro atoms. The number of fused-ring (bicyclic) bond motifs is 1. The van der Waals surface area contributed by atoms with Gasteiger partial charge in [-0.3, -0.25) is 19.5 Å². The Morgan fingerprint density at radius 1 is 1.38 bits per heavy atom. The molecule has 1 N–H and O–H groups in total. The van der Waals surface area contributed by atoms with Gasteiger partial charge in [0.2, 0.25) is 11.8 Å². The molecule has 1 aromatic carbocycles. The van der Waals surface area contributed by atoms with Gasteiger partial charge in [0.1, 0.15) is 18.0 Å². The SMILES string of the molecule is COc1cncc(NC(=O)CN2C(=O)CCOc3ccccc32)c1. The number of methoxy groups -OCH3 is 1. The van der Waals surface area contributed by atoms with Crippen molar-refractivity contribution in [3.63, 3.8) is 0 Å². The lowest BCUT2D eigenvalue weighted by Crippen LogP contribution is -2.37. The van der Waals surface area contributed by atoms with Gasteiger partial charge in [0, 0.05) is 6.07 Å². The second-order valence-corrected chi connectivity index (χ2v) is 5.21. The Labute approximate surface area is 139 Å². The number of nitrogens with zero attached hydrogens (tertiary/aromatic N) is 2. The van der Waals surface area contributed by atoms with E-state index in [0.29, 0.717) is 29.5 Å². The second kappa shape index (κ2) is 6.99. The molecule has 1 aliphatic heterocycles. The van der Waals surface area contributed by atoms with E-state index in [9.17, 15) is 9.59 Å². The van der Waals surface area contributed by atoms with E-state index in [1.165, 1.54) is 18.2 Å². The molecule has 0 unspecified atom stereocenters. The van der Waals surface area contributed by atoms with Gasteiger partial charge in [-0.2, -0.15) is 0 Å². The summed E-state index contributed by atoms with van der Waals surface area (Å²) in [5, 5.41) is 2.72. The van der Waals surface area contributed by atoms with Gasteiger partial charge in [-0.05, 0) is 12.1 Å². The Morgan fingerprint density at radius 3 is 3.04 bits per heavy atom. The number of nitrogens with one attached hydrogen (secondary N) is 1. The number of para-hydroxylation sites is 2. The number of carbonyl (C=O) groups is 2. The predicted molar refractivity (Wildman–Crippen MR) is 88.3 cm³/mol. The normalized spacial score (nSPS) is 13.5. The third kappa shape index (κ3) is 3.45. The van der Waals surface area contributed by atoms with Crippen molar-refractivity contribution in [3.05, 3.63) is 42.7 Å². The fourth-order valence-corrected chi connectivity index (χ4v) is 2.44. The first-order valence-electron chi connectivity index (χ1n) is 7.48. The van der Waals surface area contributed by atoms with Gasteiger partial charge in [-0.25, -0.2) is 0 Å². The van der Waals surface area contributed by atoms with E-state index in [2.05, 4.69) is 10.3 Å². The summed E-state index contributed by atoms with van der Waals surface area (Å²) in [4.78, 5) is 30.0. The molecule has 0 fully saturated rings. The van der Waals surface area contributed by atoms with Crippen molar-refractivity contribution in [1.29, 1.82) is 0 Å². The maximum absolute atomic E-state index is 12.3. The summed E-state index contributed by atoms with van der Waals surface area (Å²) >= 11 is 0. The molecule has 0 saturated heterocycles. The van der Waals surface area contributed by atoms with Gasteiger partial charge >= 0.3 is 0 Å². The van der Waals surface area contributed by atoms with E-state index >= 15 is 0 Å². The maximum atomic E-state index is 12.3. The highest BCUT2D eigenvalue weighted by Crippen LogP contribution is 2.30. The lowest BCUT2D eigenvalue weighted by Gasteiger charge is -2.21. The average Bonchev–Trinajstić information content (AvgIpc) is 2.74. The number of pyridine rings is 1. The molecule has 3 rings (SSSR count). The fraction of sp³-hybridized carbons (Fsp3) is 0.235. The zero-order valence-electron chi connectivity index (χ0n) is 13.2. The van der Waals surface area contributed by atoms with Crippen molar-refractivity contribution in [2.45, 2.75) is 6.42 Å². The van der Waals surface area contributed by atoms with Crippen LogP contribution in [0.15, 0.2) is 42.7 Å². The molecule has 2 heterocycles. The van der Waals surface area contributed by atoms with Crippen LogP contribution in [0.25, 0.3) is 0 Å². The van der Waals surface area contributed by atoms with Gasteiger partial charge < -0.3 is 14.8 Å². The molecule has 24 heavy (non-hydrogen) atoms. The van der Waals surface area contributed by atoms with E-state index in [1.54, 1.807) is 30.5 Å². The topological polar surface area (TPSA) is 80.8 Å². The molecule has 7 heteroatoms. The molecule has 7 nitrogen and oxygen atoms in total. The third-order valence-corrected chi connectivity index (χ3v) is 3.56. The molecule has 0 bridgehead atoms. The number of aromatic nitrogens is 1. The minimum atomic E-state index is -0.324. The molecule has 0 saturated carbocycles. The van der Waals surface area contributed by atoms with Crippen molar-refractivity contribution in [2.24, 2.45) is 0 Å². The van der Waals surface area contributed by atoms with Crippen LogP contribution < -0.4 is 19.7 Å². The van der Waals surface area contributed by atoms with Crippen molar-refractivity contribution in [2.75, 3.05) is 30.5 Å². The van der Waals surface area contributed by atoms with Crippen LogP contribution in [0.3, 0.4) is 0 Å². The van der Waals surface area contributed by atoms with E-state index in [0.717, 1.165) is 0 Å². The molecule has 1 aliphatic rings. The van der Waals surface area contributed by atoms with E-state index in [1.807, 2.05) is 6.07 Å². The van der Waals surface area contributed by atoms with Crippen LogP contribution in [-0.2, 0) is 9.59 Å². The third-order valence-electron chi connectivity index (χ3n) is 3.56. The standard InChI is InChI=1S/C17H17N3O4/c1-23-13-8-12(9-18-10-13)19-16(21)11-20-14-4-2-3-5-15(14)24-7-6-17(20)22/h2-5,8-10H,6-7,11H2,1H3,(H,19,21). The minimum absolute atomic E-state index is 0.101. The zero-order valence-corrected chi connectivity index (χ0v) is 13.2. The first-order valence-corrected chi connectivity index (χ1v) is 7.48. The van der Waals surface area contributed by atoms with Crippen LogP contribution >= 0.6 is 0 Å². The van der Waals surface area contributed by atoms with E-state index in [4.69, 9.17) is 9.47 Å². The van der Waals surface area contributed by atoms with Gasteiger partial charge in [-0.15, -0.1) is 0 Å². The van der Waals surface area contributed by atoms with Gasteiger partial charge in [0.05, 0.1) is 43.9 Å². The molecule has 0 radical (unpaired) electrons. The number of anilines is 2. The molecule has 2 amide bonds. The summed E-state index contributed by atoms with van der Waals surface area (Å²) in [6.45, 7) is 0.199. The summed E-state index contributed by atoms with van der Waals surface area (Å²) in [6.07, 6.45) is 3.28. The van der Waals surface area contributed by atoms with Crippen LogP contribution in [0.4, 0.5) is 11.4 Å². The summed E-state index contributed by atoms with van der Waals surface area (Å²) in [5.41, 5.74) is 1.10. The smallest absolute Gasteiger partial charge is 0.244 e. The molecule has 1 aromatic heterocycles. The van der Waals surface area contributed by atoms with Crippen LogP contribution in [0.2, 0.25) is 0 Å². The Kier molecular flexibility index (Phi) is 4.60. The number of ether oxygens (including phenoxy) is 2. The first kappa shape index (κ1) is 15.8. The monoisotopic (exact) mass is 327 g/mol. The summed E-state index contributed by atoms with van der Waals surface area (Å²) in [6, 6.07) is 8.84. The molecule has 124 valence electrons. The summed E-state index contributed by atoms with van der Waals surface area (Å²) in [7, 11) is 1.52. The van der Waals surface area contributed by atoms with Gasteiger partial charge in [0.25, 0.3) is 0 Å². The van der Waals surface area contributed by atoms with Crippen LogP contribution in [0, 0.1) is 0 Å².